The molecule has 0 amide bonds. The normalized spacial score (nSPS) is 52.6. The number of carbonyl (C=O) groups is 2. The third-order valence-electron chi connectivity index (χ3n) is 5.52. The molecular formula is C15H20O4. The van der Waals surface area contributed by atoms with E-state index in [1.807, 2.05) is 13.0 Å². The Kier molecular flexibility index (Phi) is 2.65. The van der Waals surface area contributed by atoms with Gasteiger partial charge in [0.2, 0.25) is 0 Å². The summed E-state index contributed by atoms with van der Waals surface area (Å²) in [4.78, 5) is 24.0. The number of aliphatic hydroxyl groups is 1. The van der Waals surface area contributed by atoms with Gasteiger partial charge in [-0.15, -0.1) is 0 Å². The van der Waals surface area contributed by atoms with E-state index in [1.54, 1.807) is 13.0 Å². The molecule has 1 saturated carbocycles. The summed E-state index contributed by atoms with van der Waals surface area (Å²) in [6.07, 6.45) is 3.15. The molecule has 104 valence electrons. The van der Waals surface area contributed by atoms with Gasteiger partial charge in [0, 0.05) is 5.92 Å². The Morgan fingerprint density at radius 1 is 1.37 bits per heavy atom. The highest BCUT2D eigenvalue weighted by Gasteiger charge is 2.60. The van der Waals surface area contributed by atoms with Crippen LogP contribution >= 0.6 is 0 Å². The summed E-state index contributed by atoms with van der Waals surface area (Å²) >= 11 is 0. The molecule has 2 aliphatic carbocycles. The van der Waals surface area contributed by atoms with Gasteiger partial charge in [-0.2, -0.15) is 0 Å². The van der Waals surface area contributed by atoms with E-state index in [9.17, 15) is 14.7 Å². The van der Waals surface area contributed by atoms with E-state index in [0.717, 1.165) is 6.42 Å². The lowest BCUT2D eigenvalue weighted by Crippen LogP contribution is -2.47. The van der Waals surface area contributed by atoms with Crippen molar-refractivity contribution in [1.29, 1.82) is 0 Å². The second-order valence-electron chi connectivity index (χ2n) is 6.53. The number of hydrogen-bond acceptors (Lipinski definition) is 4. The maximum Gasteiger partial charge on any atom is 0.309 e. The summed E-state index contributed by atoms with van der Waals surface area (Å²) in [5.74, 6) is -0.627. The smallest absolute Gasteiger partial charge is 0.309 e. The lowest BCUT2D eigenvalue weighted by Gasteiger charge is -2.37. The number of hydrogen-bond donors (Lipinski definition) is 1. The average molecular weight is 264 g/mol. The fraction of sp³-hybridized carbons (Fsp3) is 0.733. The van der Waals surface area contributed by atoms with Gasteiger partial charge in [-0.05, 0) is 31.3 Å². The molecule has 7 atom stereocenters. The fourth-order valence-electron chi connectivity index (χ4n) is 4.27. The van der Waals surface area contributed by atoms with E-state index in [1.165, 1.54) is 0 Å². The van der Waals surface area contributed by atoms with Crippen molar-refractivity contribution in [2.75, 3.05) is 0 Å². The molecule has 4 heteroatoms. The minimum atomic E-state index is -0.823. The van der Waals surface area contributed by atoms with Gasteiger partial charge < -0.3 is 9.84 Å². The molecule has 19 heavy (non-hydrogen) atoms. The highest BCUT2D eigenvalue weighted by Crippen LogP contribution is 2.53. The van der Waals surface area contributed by atoms with Gasteiger partial charge in [0.25, 0.3) is 0 Å². The molecule has 1 saturated heterocycles. The number of esters is 1. The van der Waals surface area contributed by atoms with Crippen LogP contribution in [0.2, 0.25) is 0 Å². The maximum atomic E-state index is 12.2. The summed E-state index contributed by atoms with van der Waals surface area (Å²) < 4.78 is 5.41. The second-order valence-corrected chi connectivity index (χ2v) is 6.53. The minimum Gasteiger partial charge on any atom is -0.462 e. The van der Waals surface area contributed by atoms with Crippen molar-refractivity contribution in [3.05, 3.63) is 12.2 Å². The van der Waals surface area contributed by atoms with Crippen molar-refractivity contribution in [3.8, 4) is 0 Å². The molecule has 3 rings (SSSR count). The van der Waals surface area contributed by atoms with E-state index in [-0.39, 0.29) is 41.5 Å². The first-order chi connectivity index (χ1) is 8.87. The Morgan fingerprint density at radius 3 is 2.74 bits per heavy atom. The lowest BCUT2D eigenvalue weighted by molar-refractivity contribution is -0.144. The average Bonchev–Trinajstić information content (AvgIpc) is 2.77. The van der Waals surface area contributed by atoms with E-state index in [4.69, 9.17) is 4.74 Å². The maximum absolute atomic E-state index is 12.2. The molecule has 0 unspecified atom stereocenters. The molecule has 0 aromatic carbocycles. The summed E-state index contributed by atoms with van der Waals surface area (Å²) in [7, 11) is 0. The van der Waals surface area contributed by atoms with Gasteiger partial charge in [0.15, 0.2) is 5.78 Å². The molecule has 1 heterocycles. The first-order valence-corrected chi connectivity index (χ1v) is 6.98. The molecule has 1 aliphatic heterocycles. The number of allylic oxidation sites excluding steroid dienone is 2. The first kappa shape index (κ1) is 12.9. The van der Waals surface area contributed by atoms with Gasteiger partial charge in [-0.1, -0.05) is 19.9 Å². The van der Waals surface area contributed by atoms with Gasteiger partial charge in [0.05, 0.1) is 17.4 Å². The van der Waals surface area contributed by atoms with Gasteiger partial charge in [0.1, 0.15) is 6.10 Å². The number of rotatable bonds is 0. The predicted molar refractivity (Wildman–Crippen MR) is 68.1 cm³/mol. The fourth-order valence-corrected chi connectivity index (χ4v) is 4.27. The van der Waals surface area contributed by atoms with Crippen LogP contribution in [-0.4, -0.2) is 29.1 Å². The van der Waals surface area contributed by atoms with E-state index < -0.39 is 11.5 Å². The Hall–Kier alpha value is -1.16. The van der Waals surface area contributed by atoms with Crippen molar-refractivity contribution >= 4 is 11.8 Å². The van der Waals surface area contributed by atoms with Gasteiger partial charge in [-0.3, -0.25) is 9.59 Å². The van der Waals surface area contributed by atoms with Crippen LogP contribution in [0.3, 0.4) is 0 Å². The molecule has 0 aromatic heterocycles. The van der Waals surface area contributed by atoms with E-state index >= 15 is 0 Å². The summed E-state index contributed by atoms with van der Waals surface area (Å²) in [5.41, 5.74) is -0.804. The third kappa shape index (κ3) is 1.49. The Bertz CT molecular complexity index is 469. The van der Waals surface area contributed by atoms with Crippen molar-refractivity contribution in [2.45, 2.75) is 39.4 Å². The Labute approximate surface area is 112 Å². The largest absolute Gasteiger partial charge is 0.462 e. The van der Waals surface area contributed by atoms with Crippen LogP contribution in [-0.2, 0) is 14.3 Å². The number of carbonyl (C=O) groups excluding carboxylic acids is 2. The van der Waals surface area contributed by atoms with Gasteiger partial charge >= 0.3 is 5.97 Å². The first-order valence-electron chi connectivity index (χ1n) is 6.98. The van der Waals surface area contributed by atoms with Crippen molar-refractivity contribution in [1.82, 2.24) is 0 Å². The van der Waals surface area contributed by atoms with E-state index in [2.05, 4.69) is 6.92 Å². The lowest BCUT2D eigenvalue weighted by atomic mass is 9.67. The van der Waals surface area contributed by atoms with Crippen LogP contribution in [0, 0.1) is 29.1 Å². The number of fused-ring (bicyclic) bond motifs is 2. The highest BCUT2D eigenvalue weighted by molar-refractivity contribution is 5.98. The molecule has 0 bridgehead atoms. The summed E-state index contributed by atoms with van der Waals surface area (Å²) in [6.45, 7) is 5.69. The number of ketones is 1. The van der Waals surface area contributed by atoms with Crippen LogP contribution in [0.25, 0.3) is 0 Å². The van der Waals surface area contributed by atoms with E-state index in [0.29, 0.717) is 0 Å². The number of aliphatic hydroxyl groups excluding tert-OH is 1. The standard InChI is InChI=1S/C15H20O4/c1-7-6-10-12(8(2)14(18)19-10)13(17)15(3)9(7)4-5-11(15)16/h4-5,7-10,12-13,17H,6H2,1-3H3/t7-,8+,9-,10-,12-,13+,15+/m1/s1. The molecular weight excluding hydrogens is 244 g/mol. The molecule has 0 aromatic rings. The second kappa shape index (κ2) is 3.92. The SMILES string of the molecule is C[C@@H]1C[C@H]2OC(=O)[C@@H](C)[C@H]2[C@H](O)[C@]2(C)C(=O)C=C[C@H]12. The Balaban J connectivity index is 2.06. The third-order valence-corrected chi connectivity index (χ3v) is 5.52. The molecule has 4 nitrogen and oxygen atoms in total. The molecule has 2 fully saturated rings. The molecule has 3 aliphatic rings. The topological polar surface area (TPSA) is 63.6 Å². The van der Waals surface area contributed by atoms with Crippen molar-refractivity contribution < 1.29 is 19.4 Å². The van der Waals surface area contributed by atoms with Crippen LogP contribution in [0.5, 0.6) is 0 Å². The molecule has 0 spiro atoms. The van der Waals surface area contributed by atoms with Crippen molar-refractivity contribution in [3.63, 3.8) is 0 Å². The van der Waals surface area contributed by atoms with Crippen LogP contribution in [0.15, 0.2) is 12.2 Å². The zero-order valence-corrected chi connectivity index (χ0v) is 11.5. The summed E-state index contributed by atoms with van der Waals surface area (Å²) in [6, 6.07) is 0. The monoisotopic (exact) mass is 264 g/mol. The summed E-state index contributed by atoms with van der Waals surface area (Å²) in [5, 5.41) is 10.8. The van der Waals surface area contributed by atoms with Crippen molar-refractivity contribution in [2.24, 2.45) is 29.1 Å². The van der Waals surface area contributed by atoms with Crippen LogP contribution in [0.4, 0.5) is 0 Å². The number of ether oxygens (including phenoxy) is 1. The molecule has 0 radical (unpaired) electrons. The Morgan fingerprint density at radius 2 is 2.05 bits per heavy atom. The zero-order chi connectivity index (χ0) is 13.9. The minimum absolute atomic E-state index is 0.0240. The quantitative estimate of drug-likeness (QED) is 0.670. The highest BCUT2D eigenvalue weighted by atomic mass is 16.6. The predicted octanol–water partition coefficient (Wildman–Crippen LogP) is 1.33. The van der Waals surface area contributed by atoms with Gasteiger partial charge in [-0.25, -0.2) is 0 Å². The van der Waals surface area contributed by atoms with Crippen LogP contribution in [0.1, 0.15) is 27.2 Å². The molecule has 1 N–H and O–H groups in total. The zero-order valence-electron chi connectivity index (χ0n) is 11.5. The van der Waals surface area contributed by atoms with Crippen LogP contribution < -0.4 is 0 Å².